The molecule has 0 bridgehead atoms. The summed E-state index contributed by atoms with van der Waals surface area (Å²) in [6.45, 7) is 0. The first-order chi connectivity index (χ1) is 10.1. The number of ketones is 1. The summed E-state index contributed by atoms with van der Waals surface area (Å²) in [6.07, 6.45) is 1.24. The summed E-state index contributed by atoms with van der Waals surface area (Å²) >= 11 is 1.25. The van der Waals surface area contributed by atoms with Crippen LogP contribution in [0.2, 0.25) is 0 Å². The molecule has 0 atom stereocenters. The summed E-state index contributed by atoms with van der Waals surface area (Å²) in [6, 6.07) is 7.49. The maximum absolute atomic E-state index is 11.8. The van der Waals surface area contributed by atoms with Crippen molar-refractivity contribution < 1.29 is 14.7 Å². The maximum atomic E-state index is 11.8. The van der Waals surface area contributed by atoms with Gasteiger partial charge in [-0.15, -0.1) is 11.3 Å². The van der Waals surface area contributed by atoms with E-state index in [1.165, 1.54) is 11.3 Å². The Hall–Kier alpha value is -2.60. The van der Waals surface area contributed by atoms with Crippen molar-refractivity contribution in [2.24, 2.45) is 0 Å². The van der Waals surface area contributed by atoms with Gasteiger partial charge in [0.05, 0.1) is 10.6 Å². The lowest BCUT2D eigenvalue weighted by Crippen LogP contribution is -2.04. The van der Waals surface area contributed by atoms with Gasteiger partial charge >= 0.3 is 5.97 Å². The first-order valence-corrected chi connectivity index (χ1v) is 7.13. The van der Waals surface area contributed by atoms with Crippen LogP contribution >= 0.6 is 11.3 Å². The fourth-order valence-corrected chi connectivity index (χ4v) is 3.15. The summed E-state index contributed by atoms with van der Waals surface area (Å²) in [5.41, 5.74) is 9.34. The number of hydrogen-bond acceptors (Lipinski definition) is 4. The van der Waals surface area contributed by atoms with E-state index in [-0.39, 0.29) is 5.78 Å². The molecule has 106 valence electrons. The molecule has 3 aromatic rings. The number of aromatic nitrogens is 1. The zero-order valence-electron chi connectivity index (χ0n) is 10.9. The van der Waals surface area contributed by atoms with Gasteiger partial charge in [-0.2, -0.15) is 0 Å². The third-order valence-electron chi connectivity index (χ3n) is 3.23. The largest absolute Gasteiger partial charge is 0.481 e. The maximum Gasteiger partial charge on any atom is 0.311 e. The van der Waals surface area contributed by atoms with Gasteiger partial charge in [0.2, 0.25) is 0 Å². The van der Waals surface area contributed by atoms with Crippen LogP contribution in [0.25, 0.3) is 22.0 Å². The number of hydrogen-bond donors (Lipinski definition) is 3. The molecule has 0 radical (unpaired) electrons. The Labute approximate surface area is 124 Å². The molecule has 0 spiro atoms. The summed E-state index contributed by atoms with van der Waals surface area (Å²) in [4.78, 5) is 25.9. The van der Waals surface area contributed by atoms with E-state index >= 15 is 0 Å². The molecule has 0 fully saturated rings. The van der Waals surface area contributed by atoms with Gasteiger partial charge < -0.3 is 15.8 Å². The minimum atomic E-state index is -1.12. The highest BCUT2D eigenvalue weighted by atomic mass is 32.1. The van der Waals surface area contributed by atoms with Crippen LogP contribution in [0, 0.1) is 0 Å². The number of carboxylic acids is 1. The van der Waals surface area contributed by atoms with Crippen molar-refractivity contribution in [3.63, 3.8) is 0 Å². The highest BCUT2D eigenvalue weighted by Gasteiger charge is 2.15. The number of Topliss-reactive ketones (excluding diaryl/α,β-unsaturated/α-hetero) is 1. The van der Waals surface area contributed by atoms with Gasteiger partial charge in [0.1, 0.15) is 6.42 Å². The van der Waals surface area contributed by atoms with Gasteiger partial charge in [0.15, 0.2) is 5.78 Å². The molecule has 2 aromatic heterocycles. The monoisotopic (exact) mass is 300 g/mol. The van der Waals surface area contributed by atoms with E-state index in [9.17, 15) is 9.59 Å². The number of nitrogens with one attached hydrogen (secondary N) is 1. The summed E-state index contributed by atoms with van der Waals surface area (Å²) in [7, 11) is 0. The molecule has 2 heterocycles. The van der Waals surface area contributed by atoms with Crippen molar-refractivity contribution in [2.45, 2.75) is 6.42 Å². The van der Waals surface area contributed by atoms with Crippen LogP contribution in [0.4, 0.5) is 5.69 Å². The molecule has 0 saturated carbocycles. The van der Waals surface area contributed by atoms with Crippen molar-refractivity contribution in [1.82, 2.24) is 4.98 Å². The lowest BCUT2D eigenvalue weighted by atomic mass is 10.0. The van der Waals surface area contributed by atoms with Gasteiger partial charge in [-0.1, -0.05) is 12.1 Å². The molecule has 6 heteroatoms. The van der Waals surface area contributed by atoms with Crippen molar-refractivity contribution in [3.05, 3.63) is 40.7 Å². The van der Waals surface area contributed by atoms with Crippen molar-refractivity contribution in [1.29, 1.82) is 0 Å². The Morgan fingerprint density at radius 3 is 2.90 bits per heavy atom. The molecule has 1 aromatic carbocycles. The van der Waals surface area contributed by atoms with E-state index in [0.29, 0.717) is 10.6 Å². The fraction of sp³-hybridized carbons (Fsp3) is 0.0667. The highest BCUT2D eigenvalue weighted by Crippen LogP contribution is 2.34. The Bertz CT molecular complexity index is 848. The highest BCUT2D eigenvalue weighted by molar-refractivity contribution is 7.12. The normalized spacial score (nSPS) is 10.9. The SMILES string of the molecule is Nc1c[nH]c2cccc(-c3csc(C(=O)CC(=O)O)c3)c12. The van der Waals surface area contributed by atoms with Crippen molar-refractivity contribution >= 4 is 39.7 Å². The Morgan fingerprint density at radius 1 is 1.33 bits per heavy atom. The second-order valence-corrected chi connectivity index (χ2v) is 5.58. The minimum Gasteiger partial charge on any atom is -0.481 e. The number of carboxylic acid groups (broad SMARTS) is 1. The van der Waals surface area contributed by atoms with Gasteiger partial charge in [-0.05, 0) is 28.6 Å². The average Bonchev–Trinajstić information content (AvgIpc) is 3.05. The number of nitrogen functional groups attached to an aromatic ring is 1. The van der Waals surface area contributed by atoms with Gasteiger partial charge in [-0.25, -0.2) is 0 Å². The number of rotatable bonds is 4. The smallest absolute Gasteiger partial charge is 0.311 e. The quantitative estimate of drug-likeness (QED) is 0.509. The predicted molar refractivity (Wildman–Crippen MR) is 82.6 cm³/mol. The van der Waals surface area contributed by atoms with E-state index in [1.807, 2.05) is 23.6 Å². The number of carbonyl (C=O) groups is 2. The number of aromatic amines is 1. The number of aliphatic carboxylic acids is 1. The van der Waals surface area contributed by atoms with Gasteiger partial charge in [0.25, 0.3) is 0 Å². The van der Waals surface area contributed by atoms with Crippen LogP contribution in [0.1, 0.15) is 16.1 Å². The standard InChI is InChI=1S/C15H12N2O3S/c16-10-6-17-11-3-1-2-9(15(10)11)8-4-13(21-7-8)12(18)5-14(19)20/h1-4,6-7,17H,5,16H2,(H,19,20). The van der Waals surface area contributed by atoms with Crippen LogP contribution in [0.15, 0.2) is 35.8 Å². The van der Waals surface area contributed by atoms with E-state index in [4.69, 9.17) is 10.8 Å². The summed E-state index contributed by atoms with van der Waals surface area (Å²) in [5.74, 6) is -1.50. The molecular formula is C15H12N2O3S. The lowest BCUT2D eigenvalue weighted by Gasteiger charge is -2.01. The lowest BCUT2D eigenvalue weighted by molar-refractivity contribution is -0.135. The Morgan fingerprint density at radius 2 is 2.14 bits per heavy atom. The molecule has 3 rings (SSSR count). The molecule has 0 saturated heterocycles. The van der Waals surface area contributed by atoms with Crippen LogP contribution in [-0.4, -0.2) is 21.8 Å². The first-order valence-electron chi connectivity index (χ1n) is 6.25. The Kier molecular flexibility index (Phi) is 3.23. The molecule has 0 aliphatic rings. The summed E-state index contributed by atoms with van der Waals surface area (Å²) < 4.78 is 0. The van der Waals surface area contributed by atoms with E-state index in [0.717, 1.165) is 22.0 Å². The number of carbonyl (C=O) groups excluding carboxylic acids is 1. The molecular weight excluding hydrogens is 288 g/mol. The zero-order valence-corrected chi connectivity index (χ0v) is 11.7. The molecule has 5 nitrogen and oxygen atoms in total. The van der Waals surface area contributed by atoms with Crippen LogP contribution in [0.3, 0.4) is 0 Å². The predicted octanol–water partition coefficient (Wildman–Crippen LogP) is 3.14. The second-order valence-electron chi connectivity index (χ2n) is 4.67. The van der Waals surface area contributed by atoms with Gasteiger partial charge in [-0.3, -0.25) is 9.59 Å². The third-order valence-corrected chi connectivity index (χ3v) is 4.20. The van der Waals surface area contributed by atoms with Gasteiger partial charge in [0, 0.05) is 17.1 Å². The summed E-state index contributed by atoms with van der Waals surface area (Å²) in [5, 5.41) is 11.4. The number of anilines is 1. The average molecular weight is 300 g/mol. The Balaban J connectivity index is 2.04. The van der Waals surface area contributed by atoms with Crippen LogP contribution < -0.4 is 5.73 Å². The van der Waals surface area contributed by atoms with Crippen molar-refractivity contribution in [2.75, 3.05) is 5.73 Å². The number of nitrogens with two attached hydrogens (primary N) is 1. The van der Waals surface area contributed by atoms with Crippen LogP contribution in [0.5, 0.6) is 0 Å². The van der Waals surface area contributed by atoms with E-state index in [1.54, 1.807) is 12.3 Å². The van der Waals surface area contributed by atoms with Crippen LogP contribution in [-0.2, 0) is 4.79 Å². The molecule has 0 amide bonds. The second kappa shape index (κ2) is 5.06. The molecule has 0 aliphatic carbocycles. The minimum absolute atomic E-state index is 0.382. The molecule has 21 heavy (non-hydrogen) atoms. The topological polar surface area (TPSA) is 96.2 Å². The third kappa shape index (κ3) is 2.41. The zero-order chi connectivity index (χ0) is 15.0. The fourth-order valence-electron chi connectivity index (χ4n) is 2.30. The molecule has 0 aliphatic heterocycles. The van der Waals surface area contributed by atoms with E-state index in [2.05, 4.69) is 4.98 Å². The number of H-pyrrole nitrogens is 1. The van der Waals surface area contributed by atoms with E-state index < -0.39 is 12.4 Å². The number of benzene rings is 1. The van der Waals surface area contributed by atoms with Crippen molar-refractivity contribution in [3.8, 4) is 11.1 Å². The molecule has 4 N–H and O–H groups in total. The molecule has 0 unspecified atom stereocenters. The number of fused-ring (bicyclic) bond motifs is 1. The first kappa shape index (κ1) is 13.4. The number of thiophene rings is 1.